The number of carbonyl (C=O) groups excluding carboxylic acids is 2. The van der Waals surface area contributed by atoms with Gasteiger partial charge in [-0.05, 0) is 5.87 Å². The summed E-state index contributed by atoms with van der Waals surface area (Å²) in [5.41, 5.74) is 0.152. The van der Waals surface area contributed by atoms with Crippen molar-refractivity contribution >= 4 is 27.5 Å². The maximum atomic E-state index is 11.3. The van der Waals surface area contributed by atoms with Crippen LogP contribution in [-0.2, 0) is 14.8 Å². The molecule has 0 saturated heterocycles. The fraction of sp³-hybridized carbons (Fsp3) is 0. The summed E-state index contributed by atoms with van der Waals surface area (Å²) >= 11 is 0. The molecule has 0 spiro atoms. The average molecular weight is 227 g/mol. The zero-order valence-electron chi connectivity index (χ0n) is 7.67. The SMILES string of the molecule is C=S(=O)(O)NC(=O)C(=O)c1ccccc1. The lowest BCUT2D eigenvalue weighted by Gasteiger charge is -2.03. The molecule has 0 bridgehead atoms. The number of ketones is 1. The highest BCUT2D eigenvalue weighted by Gasteiger charge is 2.17. The van der Waals surface area contributed by atoms with Gasteiger partial charge in [-0.1, -0.05) is 30.3 Å². The number of hydrogen-bond acceptors (Lipinski definition) is 3. The summed E-state index contributed by atoms with van der Waals surface area (Å²) in [6.45, 7) is 0. The normalized spacial score (nSPS) is 13.9. The minimum atomic E-state index is -3.70. The van der Waals surface area contributed by atoms with Gasteiger partial charge in [0.15, 0.2) is 9.99 Å². The lowest BCUT2D eigenvalue weighted by Crippen LogP contribution is -2.35. The topological polar surface area (TPSA) is 83.5 Å². The Labute approximate surface area is 87.1 Å². The van der Waals surface area contributed by atoms with Gasteiger partial charge in [0.05, 0.1) is 0 Å². The molecule has 0 aliphatic carbocycles. The highest BCUT2D eigenvalue weighted by Crippen LogP contribution is 1.99. The van der Waals surface area contributed by atoms with Crippen molar-refractivity contribution in [3.8, 4) is 0 Å². The molecule has 1 amide bonds. The fourth-order valence-electron chi connectivity index (χ4n) is 0.912. The van der Waals surface area contributed by atoms with Gasteiger partial charge in [0.1, 0.15) is 0 Å². The molecule has 1 atom stereocenters. The summed E-state index contributed by atoms with van der Waals surface area (Å²) in [7, 11) is -3.70. The summed E-state index contributed by atoms with van der Waals surface area (Å²) in [6, 6.07) is 7.72. The van der Waals surface area contributed by atoms with E-state index in [2.05, 4.69) is 5.87 Å². The van der Waals surface area contributed by atoms with Gasteiger partial charge in [0, 0.05) is 5.56 Å². The second-order valence-electron chi connectivity index (χ2n) is 2.77. The Morgan fingerprint density at radius 1 is 1.27 bits per heavy atom. The molecule has 15 heavy (non-hydrogen) atoms. The average Bonchev–Trinajstić information content (AvgIpc) is 2.15. The number of rotatable bonds is 3. The standard InChI is InChI=1S/C9H9NO4S/c1-15(13,14)10-9(12)8(11)7-5-3-2-4-6-7/h2-6H,1H2,(H2,10,12,13,14). The monoisotopic (exact) mass is 227 g/mol. The lowest BCUT2D eigenvalue weighted by molar-refractivity contribution is -0.115. The second-order valence-corrected chi connectivity index (χ2v) is 4.25. The van der Waals surface area contributed by atoms with Crippen LogP contribution in [0.15, 0.2) is 30.3 Å². The van der Waals surface area contributed by atoms with Gasteiger partial charge in [-0.2, -0.15) is 0 Å². The van der Waals surface area contributed by atoms with Crippen LogP contribution in [0.5, 0.6) is 0 Å². The van der Waals surface area contributed by atoms with Crippen molar-refractivity contribution in [3.63, 3.8) is 0 Å². The van der Waals surface area contributed by atoms with E-state index in [1.807, 2.05) is 0 Å². The molecule has 1 aromatic rings. The minimum Gasteiger partial charge on any atom is -0.299 e. The first-order chi connectivity index (χ1) is 6.90. The van der Waals surface area contributed by atoms with Crippen molar-refractivity contribution in [2.24, 2.45) is 0 Å². The first-order valence-electron chi connectivity index (χ1n) is 3.91. The second kappa shape index (κ2) is 4.24. The highest BCUT2D eigenvalue weighted by atomic mass is 32.2. The quantitative estimate of drug-likeness (QED) is 0.435. The van der Waals surface area contributed by atoms with Crippen LogP contribution in [0.2, 0.25) is 0 Å². The van der Waals surface area contributed by atoms with Crippen molar-refractivity contribution in [1.82, 2.24) is 4.72 Å². The Bertz CT molecular complexity index is 478. The third kappa shape index (κ3) is 3.53. The van der Waals surface area contributed by atoms with Crippen LogP contribution in [0.4, 0.5) is 0 Å². The molecule has 1 unspecified atom stereocenters. The van der Waals surface area contributed by atoms with E-state index >= 15 is 0 Å². The molecule has 0 radical (unpaired) electrons. The van der Waals surface area contributed by atoms with E-state index in [9.17, 15) is 13.8 Å². The Balaban J connectivity index is 2.84. The van der Waals surface area contributed by atoms with E-state index in [0.29, 0.717) is 0 Å². The third-order valence-corrected chi connectivity index (χ3v) is 2.00. The van der Waals surface area contributed by atoms with Crippen LogP contribution < -0.4 is 4.72 Å². The molecule has 0 aliphatic rings. The van der Waals surface area contributed by atoms with Crippen molar-refractivity contribution in [2.75, 3.05) is 0 Å². The Morgan fingerprint density at radius 3 is 2.27 bits per heavy atom. The summed E-state index contributed by atoms with van der Waals surface area (Å²) in [6.07, 6.45) is 0. The van der Waals surface area contributed by atoms with Gasteiger partial charge in [0.25, 0.3) is 5.78 Å². The van der Waals surface area contributed by atoms with Gasteiger partial charge in [-0.15, -0.1) is 0 Å². The highest BCUT2D eigenvalue weighted by molar-refractivity contribution is 7.93. The minimum absolute atomic E-state index is 0.152. The number of benzene rings is 1. The van der Waals surface area contributed by atoms with Gasteiger partial charge in [0.2, 0.25) is 0 Å². The molecule has 5 nitrogen and oxygen atoms in total. The first-order valence-corrected chi connectivity index (χ1v) is 5.60. The van der Waals surface area contributed by atoms with Crippen LogP contribution in [-0.4, -0.2) is 26.3 Å². The molecule has 1 rings (SSSR count). The fourth-order valence-corrected chi connectivity index (χ4v) is 1.29. The molecule has 0 heterocycles. The summed E-state index contributed by atoms with van der Waals surface area (Å²) in [5.74, 6) is 0.762. The zero-order chi connectivity index (χ0) is 11.5. The van der Waals surface area contributed by atoms with E-state index < -0.39 is 21.7 Å². The van der Waals surface area contributed by atoms with Crippen molar-refractivity contribution in [2.45, 2.75) is 0 Å². The number of nitrogens with one attached hydrogen (secondary N) is 1. The maximum Gasteiger partial charge on any atom is 0.305 e. The molecule has 0 saturated carbocycles. The van der Waals surface area contributed by atoms with Crippen LogP contribution in [0, 0.1) is 0 Å². The Morgan fingerprint density at radius 2 is 1.80 bits per heavy atom. The lowest BCUT2D eigenvalue weighted by atomic mass is 10.1. The molecular formula is C9H9NO4S. The van der Waals surface area contributed by atoms with Gasteiger partial charge < -0.3 is 0 Å². The predicted octanol–water partition coefficient (Wildman–Crippen LogP) is 0.0899. The van der Waals surface area contributed by atoms with Crippen molar-refractivity contribution in [1.29, 1.82) is 0 Å². The zero-order valence-corrected chi connectivity index (χ0v) is 8.49. The number of Topliss-reactive ketones (excluding diaryl/α,β-unsaturated/α-hetero) is 1. The Kier molecular flexibility index (Phi) is 3.23. The van der Waals surface area contributed by atoms with E-state index in [1.165, 1.54) is 12.1 Å². The largest absolute Gasteiger partial charge is 0.305 e. The smallest absolute Gasteiger partial charge is 0.299 e. The van der Waals surface area contributed by atoms with Gasteiger partial charge >= 0.3 is 5.91 Å². The first kappa shape index (κ1) is 11.4. The maximum absolute atomic E-state index is 11.3. The van der Waals surface area contributed by atoms with E-state index in [1.54, 1.807) is 22.9 Å². The molecule has 0 aliphatic heterocycles. The van der Waals surface area contributed by atoms with E-state index in [4.69, 9.17) is 4.55 Å². The Hall–Kier alpha value is -1.66. The molecule has 1 aromatic carbocycles. The third-order valence-electron chi connectivity index (χ3n) is 1.49. The number of carbonyl (C=O) groups is 2. The van der Waals surface area contributed by atoms with E-state index in [-0.39, 0.29) is 5.56 Å². The molecule has 80 valence electrons. The summed E-state index contributed by atoms with van der Waals surface area (Å²) < 4.78 is 21.0. The van der Waals surface area contributed by atoms with Crippen molar-refractivity contribution in [3.05, 3.63) is 35.9 Å². The van der Waals surface area contributed by atoms with Crippen molar-refractivity contribution < 1.29 is 18.4 Å². The molecule has 2 N–H and O–H groups in total. The van der Waals surface area contributed by atoms with Crippen LogP contribution in [0.25, 0.3) is 0 Å². The van der Waals surface area contributed by atoms with E-state index in [0.717, 1.165) is 0 Å². The van der Waals surface area contributed by atoms with Crippen LogP contribution in [0.3, 0.4) is 0 Å². The predicted molar refractivity (Wildman–Crippen MR) is 56.8 cm³/mol. The summed E-state index contributed by atoms with van der Waals surface area (Å²) in [4.78, 5) is 22.5. The molecule has 0 fully saturated rings. The summed E-state index contributed by atoms with van der Waals surface area (Å²) in [5, 5.41) is 0. The molecule has 0 aromatic heterocycles. The molecular weight excluding hydrogens is 218 g/mol. The van der Waals surface area contributed by atoms with Gasteiger partial charge in [-0.25, -0.2) is 4.21 Å². The number of amides is 1. The van der Waals surface area contributed by atoms with Crippen LogP contribution in [0.1, 0.15) is 10.4 Å². The number of hydrogen-bond donors (Lipinski definition) is 2. The van der Waals surface area contributed by atoms with Gasteiger partial charge in [-0.3, -0.25) is 18.9 Å². The molecule has 6 heteroatoms. The van der Waals surface area contributed by atoms with Crippen LogP contribution >= 0.6 is 0 Å².